The number of nitrogens with one attached hydrogen (secondary N) is 1. The Morgan fingerprint density at radius 2 is 2.15 bits per heavy atom. The van der Waals surface area contributed by atoms with Crippen LogP contribution in [0.25, 0.3) is 0 Å². The van der Waals surface area contributed by atoms with Crippen molar-refractivity contribution < 1.29 is 27.8 Å². The van der Waals surface area contributed by atoms with E-state index in [1.54, 1.807) is 0 Å². The van der Waals surface area contributed by atoms with E-state index in [4.69, 9.17) is 5.11 Å². The van der Waals surface area contributed by atoms with Crippen molar-refractivity contribution in [3.8, 4) is 5.75 Å². The van der Waals surface area contributed by atoms with Crippen molar-refractivity contribution in [1.82, 2.24) is 5.32 Å². The second-order valence-corrected chi connectivity index (χ2v) is 4.17. The number of aliphatic hydroxyl groups excluding tert-OH is 1. The van der Waals surface area contributed by atoms with Crippen molar-refractivity contribution >= 4 is 5.91 Å². The maximum atomic E-state index is 12.1. The lowest BCUT2D eigenvalue weighted by atomic mass is 10.1. The lowest BCUT2D eigenvalue weighted by molar-refractivity contribution is -0.274. The van der Waals surface area contributed by atoms with Crippen molar-refractivity contribution in [1.29, 1.82) is 0 Å². The number of carbonyl (C=O) groups is 1. The molecule has 0 aliphatic carbocycles. The summed E-state index contributed by atoms with van der Waals surface area (Å²) >= 11 is 0. The first-order valence-electron chi connectivity index (χ1n) is 6.13. The van der Waals surface area contributed by atoms with E-state index in [-0.39, 0.29) is 18.2 Å². The molecule has 0 bridgehead atoms. The molecule has 0 aliphatic heterocycles. The van der Waals surface area contributed by atoms with Gasteiger partial charge >= 0.3 is 6.36 Å². The Balaban J connectivity index is 2.75. The van der Waals surface area contributed by atoms with E-state index < -0.39 is 18.0 Å². The average Bonchev–Trinajstić information content (AvgIpc) is 2.36. The molecule has 2 N–H and O–H groups in total. The summed E-state index contributed by atoms with van der Waals surface area (Å²) in [6.07, 6.45) is -3.79. The van der Waals surface area contributed by atoms with Gasteiger partial charge in [0.2, 0.25) is 0 Å². The summed E-state index contributed by atoms with van der Waals surface area (Å²) in [7, 11) is 0. The molecule has 0 radical (unpaired) electrons. The minimum absolute atomic E-state index is 0.0724. The number of rotatable bonds is 6. The fourth-order valence-electron chi connectivity index (χ4n) is 1.64. The second-order valence-electron chi connectivity index (χ2n) is 4.17. The van der Waals surface area contributed by atoms with E-state index in [0.29, 0.717) is 12.8 Å². The van der Waals surface area contributed by atoms with Gasteiger partial charge in [0.05, 0.1) is 0 Å². The smallest absolute Gasteiger partial charge is 0.406 e. The summed E-state index contributed by atoms with van der Waals surface area (Å²) in [6, 6.07) is 4.62. The highest BCUT2D eigenvalue weighted by atomic mass is 19.4. The third-order valence-corrected chi connectivity index (χ3v) is 2.64. The van der Waals surface area contributed by atoms with Crippen LogP contribution in [-0.4, -0.2) is 30.0 Å². The molecule has 0 saturated heterocycles. The lowest BCUT2D eigenvalue weighted by Gasteiger charge is -2.16. The summed E-state index contributed by atoms with van der Waals surface area (Å²) < 4.78 is 40.0. The molecule has 0 heterocycles. The van der Waals surface area contributed by atoms with Crippen LogP contribution in [0.2, 0.25) is 0 Å². The molecule has 0 aromatic heterocycles. The van der Waals surface area contributed by atoms with Crippen LogP contribution in [0.5, 0.6) is 5.75 Å². The predicted octanol–water partition coefficient (Wildman–Crippen LogP) is 2.48. The Hall–Kier alpha value is -1.76. The molecule has 112 valence electrons. The molecule has 0 aliphatic rings. The van der Waals surface area contributed by atoms with Gasteiger partial charge in [-0.15, -0.1) is 13.2 Å². The number of carbonyl (C=O) groups excluding carboxylic acids is 1. The molecule has 7 heteroatoms. The number of benzene rings is 1. The van der Waals surface area contributed by atoms with Crippen LogP contribution in [0.4, 0.5) is 13.2 Å². The number of halogens is 3. The van der Waals surface area contributed by atoms with E-state index in [9.17, 15) is 18.0 Å². The van der Waals surface area contributed by atoms with Crippen molar-refractivity contribution in [3.63, 3.8) is 0 Å². The average molecular weight is 291 g/mol. The number of alkyl halides is 3. The SMILES string of the molecule is CCC(CCO)NC(=O)c1cccc(OC(F)(F)F)c1. The largest absolute Gasteiger partial charge is 0.573 e. The van der Waals surface area contributed by atoms with Crippen LogP contribution in [0.1, 0.15) is 30.1 Å². The number of ether oxygens (including phenoxy) is 1. The topological polar surface area (TPSA) is 58.6 Å². The van der Waals surface area contributed by atoms with Crippen molar-refractivity contribution in [3.05, 3.63) is 29.8 Å². The first-order chi connectivity index (χ1) is 9.35. The van der Waals surface area contributed by atoms with E-state index in [2.05, 4.69) is 10.1 Å². The molecule has 1 amide bonds. The van der Waals surface area contributed by atoms with Crippen LogP contribution < -0.4 is 10.1 Å². The van der Waals surface area contributed by atoms with E-state index in [1.807, 2.05) is 6.92 Å². The zero-order chi connectivity index (χ0) is 15.2. The minimum Gasteiger partial charge on any atom is -0.406 e. The van der Waals surface area contributed by atoms with Gasteiger partial charge in [-0.25, -0.2) is 0 Å². The maximum absolute atomic E-state index is 12.1. The van der Waals surface area contributed by atoms with Gasteiger partial charge in [-0.1, -0.05) is 13.0 Å². The summed E-state index contributed by atoms with van der Waals surface area (Å²) in [4.78, 5) is 11.9. The van der Waals surface area contributed by atoms with Gasteiger partial charge in [-0.3, -0.25) is 4.79 Å². The van der Waals surface area contributed by atoms with Gasteiger partial charge in [0, 0.05) is 18.2 Å². The zero-order valence-corrected chi connectivity index (χ0v) is 10.9. The lowest BCUT2D eigenvalue weighted by Crippen LogP contribution is -2.35. The first kappa shape index (κ1) is 16.3. The zero-order valence-electron chi connectivity index (χ0n) is 10.9. The summed E-state index contributed by atoms with van der Waals surface area (Å²) in [6.45, 7) is 1.76. The molecule has 1 unspecified atom stereocenters. The Morgan fingerprint density at radius 1 is 1.45 bits per heavy atom. The van der Waals surface area contributed by atoms with Gasteiger partial charge in [0.25, 0.3) is 5.91 Å². The molecule has 1 aromatic rings. The van der Waals surface area contributed by atoms with Crippen molar-refractivity contribution in [2.45, 2.75) is 32.2 Å². The van der Waals surface area contributed by atoms with E-state index in [1.165, 1.54) is 12.1 Å². The highest BCUT2D eigenvalue weighted by Gasteiger charge is 2.31. The third-order valence-electron chi connectivity index (χ3n) is 2.64. The molecular formula is C13H16F3NO3. The molecule has 20 heavy (non-hydrogen) atoms. The Bertz CT molecular complexity index is 449. The van der Waals surface area contributed by atoms with E-state index >= 15 is 0 Å². The van der Waals surface area contributed by atoms with Crippen molar-refractivity contribution in [2.75, 3.05) is 6.61 Å². The highest BCUT2D eigenvalue weighted by Crippen LogP contribution is 2.23. The number of hydrogen-bond donors (Lipinski definition) is 2. The van der Waals surface area contributed by atoms with Gasteiger partial charge in [0.1, 0.15) is 5.75 Å². The fourth-order valence-corrected chi connectivity index (χ4v) is 1.64. The number of aliphatic hydroxyl groups is 1. The van der Waals surface area contributed by atoms with E-state index in [0.717, 1.165) is 12.1 Å². The Labute approximate surface area is 114 Å². The summed E-state index contributed by atoms with van der Waals surface area (Å²) in [5.74, 6) is -0.946. The summed E-state index contributed by atoms with van der Waals surface area (Å²) in [5.41, 5.74) is 0.0724. The molecule has 0 saturated carbocycles. The third kappa shape index (κ3) is 5.48. The molecule has 0 spiro atoms. The molecule has 1 atom stereocenters. The molecule has 0 fully saturated rings. The molecular weight excluding hydrogens is 275 g/mol. The van der Waals surface area contributed by atoms with Crippen LogP contribution in [0.15, 0.2) is 24.3 Å². The Kier molecular flexibility index (Phi) is 5.82. The summed E-state index contributed by atoms with van der Waals surface area (Å²) in [5, 5.41) is 11.5. The van der Waals surface area contributed by atoms with Crippen LogP contribution in [-0.2, 0) is 0 Å². The maximum Gasteiger partial charge on any atom is 0.573 e. The quantitative estimate of drug-likeness (QED) is 0.846. The standard InChI is InChI=1S/C13H16F3NO3/c1-2-10(6-7-18)17-12(19)9-4-3-5-11(8-9)20-13(14,15)16/h3-5,8,10,18H,2,6-7H2,1H3,(H,17,19). The fraction of sp³-hybridized carbons (Fsp3) is 0.462. The molecule has 1 rings (SSSR count). The van der Waals surface area contributed by atoms with Crippen LogP contribution in [0.3, 0.4) is 0 Å². The first-order valence-corrected chi connectivity index (χ1v) is 6.13. The number of amides is 1. The Morgan fingerprint density at radius 3 is 2.70 bits per heavy atom. The van der Waals surface area contributed by atoms with Gasteiger partial charge in [0.15, 0.2) is 0 Å². The second kappa shape index (κ2) is 7.14. The number of hydrogen-bond acceptors (Lipinski definition) is 3. The van der Waals surface area contributed by atoms with Crippen molar-refractivity contribution in [2.24, 2.45) is 0 Å². The monoisotopic (exact) mass is 291 g/mol. The van der Waals surface area contributed by atoms with Crippen LogP contribution in [0, 0.1) is 0 Å². The molecule has 4 nitrogen and oxygen atoms in total. The van der Waals surface area contributed by atoms with Crippen LogP contribution >= 0.6 is 0 Å². The van der Waals surface area contributed by atoms with Gasteiger partial charge in [-0.2, -0.15) is 0 Å². The molecule has 1 aromatic carbocycles. The van der Waals surface area contributed by atoms with Gasteiger partial charge in [-0.05, 0) is 31.0 Å². The predicted molar refractivity (Wildman–Crippen MR) is 66.4 cm³/mol. The minimum atomic E-state index is -4.79. The van der Waals surface area contributed by atoms with Gasteiger partial charge < -0.3 is 15.2 Å². The highest BCUT2D eigenvalue weighted by molar-refractivity contribution is 5.94. The normalized spacial score (nSPS) is 12.8.